The Hall–Kier alpha value is -1.72. The van der Waals surface area contributed by atoms with Gasteiger partial charge in [-0.3, -0.25) is 0 Å². The smallest absolute Gasteiger partial charge is 0.129 e. The average molecular weight is 368 g/mol. The first kappa shape index (κ1) is 16.3. The van der Waals surface area contributed by atoms with Gasteiger partial charge in [-0.05, 0) is 68.3 Å². The monoisotopic (exact) mass is 368 g/mol. The van der Waals surface area contributed by atoms with Crippen molar-refractivity contribution < 1.29 is 14.6 Å². The normalized spacial score (nSPS) is 39.4. The van der Waals surface area contributed by atoms with E-state index in [1.165, 1.54) is 12.5 Å². The summed E-state index contributed by atoms with van der Waals surface area (Å²) < 4.78 is 16.7. The van der Waals surface area contributed by atoms with Crippen molar-refractivity contribution in [3.8, 4) is 11.3 Å². The number of nitrogens with zero attached hydrogens (tertiary/aromatic N) is 2. The lowest BCUT2D eigenvalue weighted by Gasteiger charge is -2.61. The predicted molar refractivity (Wildman–Crippen MR) is 98.4 cm³/mol. The van der Waals surface area contributed by atoms with Crippen molar-refractivity contribution >= 4 is 0 Å². The van der Waals surface area contributed by atoms with Crippen molar-refractivity contribution in [1.29, 1.82) is 0 Å². The summed E-state index contributed by atoms with van der Waals surface area (Å²) in [5.41, 5.74) is 1.68. The van der Waals surface area contributed by atoms with Gasteiger partial charge in [0.05, 0.1) is 36.0 Å². The molecule has 27 heavy (non-hydrogen) atoms. The SMILES string of the molecule is OC(C[C@@H]1c2c(F)cccc2-c2cncn21)C12CC3CC(CC(O)(C3)C1)C2. The van der Waals surface area contributed by atoms with Gasteiger partial charge >= 0.3 is 0 Å². The van der Waals surface area contributed by atoms with Crippen molar-refractivity contribution in [2.45, 2.75) is 62.7 Å². The van der Waals surface area contributed by atoms with Gasteiger partial charge in [0.2, 0.25) is 0 Å². The predicted octanol–water partition coefficient (Wildman–Crippen LogP) is 3.67. The lowest BCUT2D eigenvalue weighted by Crippen LogP contribution is -2.59. The Morgan fingerprint density at radius 2 is 2.00 bits per heavy atom. The van der Waals surface area contributed by atoms with Gasteiger partial charge in [0.1, 0.15) is 5.82 Å². The van der Waals surface area contributed by atoms with Gasteiger partial charge in [-0.1, -0.05) is 12.1 Å². The Morgan fingerprint density at radius 3 is 2.74 bits per heavy atom. The van der Waals surface area contributed by atoms with Gasteiger partial charge in [0, 0.05) is 11.1 Å². The third-order valence-electron chi connectivity index (χ3n) is 7.89. The molecule has 1 aliphatic heterocycles. The number of halogens is 1. The minimum Gasteiger partial charge on any atom is -0.392 e. The fourth-order valence-electron chi connectivity index (χ4n) is 7.37. The largest absolute Gasteiger partial charge is 0.392 e. The average Bonchev–Trinajstić information content (AvgIpc) is 3.16. The molecule has 5 aliphatic rings. The van der Waals surface area contributed by atoms with Crippen LogP contribution >= 0.6 is 0 Å². The number of aromatic nitrogens is 2. The van der Waals surface area contributed by atoms with Crippen LogP contribution in [0.25, 0.3) is 11.3 Å². The Kier molecular flexibility index (Phi) is 3.13. The summed E-state index contributed by atoms with van der Waals surface area (Å²) in [6, 6.07) is 4.95. The molecule has 4 aliphatic carbocycles. The summed E-state index contributed by atoms with van der Waals surface area (Å²) in [5, 5.41) is 22.4. The zero-order chi connectivity index (χ0) is 18.4. The number of fused-ring (bicyclic) bond motifs is 3. The highest BCUT2D eigenvalue weighted by Crippen LogP contribution is 2.63. The van der Waals surface area contributed by atoms with Gasteiger partial charge in [0.25, 0.3) is 0 Å². The van der Waals surface area contributed by atoms with Crippen molar-refractivity contribution in [2.24, 2.45) is 17.3 Å². The number of aliphatic hydroxyl groups excluding tert-OH is 1. The number of rotatable bonds is 3. The van der Waals surface area contributed by atoms with Gasteiger partial charge in [0.15, 0.2) is 0 Å². The van der Waals surface area contributed by atoms with Crippen LogP contribution in [0, 0.1) is 23.1 Å². The highest BCUT2D eigenvalue weighted by molar-refractivity contribution is 5.69. The molecule has 0 amide bonds. The third kappa shape index (κ3) is 2.18. The number of aliphatic hydroxyl groups is 2. The highest BCUT2D eigenvalue weighted by Gasteiger charge is 2.59. The van der Waals surface area contributed by atoms with Crippen molar-refractivity contribution in [1.82, 2.24) is 9.55 Å². The maximum atomic E-state index is 14.7. The van der Waals surface area contributed by atoms with Crippen LogP contribution in [0.2, 0.25) is 0 Å². The minimum absolute atomic E-state index is 0.211. The highest BCUT2D eigenvalue weighted by atomic mass is 19.1. The van der Waals surface area contributed by atoms with E-state index >= 15 is 0 Å². The number of hydrogen-bond donors (Lipinski definition) is 2. The van der Waals surface area contributed by atoms with Gasteiger partial charge in [-0.2, -0.15) is 0 Å². The van der Waals surface area contributed by atoms with Gasteiger partial charge < -0.3 is 14.8 Å². The number of hydrogen-bond acceptors (Lipinski definition) is 3. The zero-order valence-electron chi connectivity index (χ0n) is 15.3. The van der Waals surface area contributed by atoms with E-state index in [1.54, 1.807) is 18.6 Å². The molecule has 7 rings (SSSR count). The van der Waals surface area contributed by atoms with Crippen LogP contribution in [0.3, 0.4) is 0 Å². The molecule has 4 bridgehead atoms. The van der Waals surface area contributed by atoms with E-state index in [-0.39, 0.29) is 17.3 Å². The quantitative estimate of drug-likeness (QED) is 0.869. The van der Waals surface area contributed by atoms with Crippen molar-refractivity contribution in [3.63, 3.8) is 0 Å². The Balaban J connectivity index is 1.36. The second-order valence-corrected chi connectivity index (χ2v) is 9.70. The summed E-state index contributed by atoms with van der Waals surface area (Å²) in [7, 11) is 0. The van der Waals surface area contributed by atoms with Crippen LogP contribution in [0.15, 0.2) is 30.7 Å². The molecule has 1 aromatic carbocycles. The molecule has 0 radical (unpaired) electrons. The van der Waals surface area contributed by atoms with Gasteiger partial charge in [-0.25, -0.2) is 9.37 Å². The lowest BCUT2D eigenvalue weighted by atomic mass is 9.46. The molecule has 1 aromatic heterocycles. The van der Waals surface area contributed by atoms with Crippen LogP contribution in [0.4, 0.5) is 4.39 Å². The molecule has 2 heterocycles. The molecule has 2 N–H and O–H groups in total. The first-order valence-electron chi connectivity index (χ1n) is 10.2. The van der Waals surface area contributed by atoms with Crippen LogP contribution in [-0.2, 0) is 0 Å². The number of imidazole rings is 1. The second kappa shape index (κ2) is 5.21. The summed E-state index contributed by atoms with van der Waals surface area (Å²) in [6.45, 7) is 0. The van der Waals surface area contributed by atoms with E-state index in [2.05, 4.69) is 4.98 Å². The van der Waals surface area contributed by atoms with E-state index in [0.29, 0.717) is 30.2 Å². The lowest BCUT2D eigenvalue weighted by molar-refractivity contribution is -0.197. The standard InChI is InChI=1S/C22H25FN2O2/c23-16-3-1-2-15-18-10-24-12-25(18)17(20(15)16)5-19(26)21-6-13-4-14(7-21)9-22(27,8-13)11-21/h1-3,10,12-14,17,19,26-27H,4-9,11H2/t13?,14?,17-,19?,21?,22?/m1/s1. The molecular weight excluding hydrogens is 343 g/mol. The maximum Gasteiger partial charge on any atom is 0.129 e. The van der Waals surface area contributed by atoms with Crippen LogP contribution in [-0.4, -0.2) is 31.5 Å². The molecule has 4 saturated carbocycles. The molecule has 4 nitrogen and oxygen atoms in total. The fraction of sp³-hybridized carbons (Fsp3) is 0.591. The van der Waals surface area contributed by atoms with Crippen LogP contribution in [0.1, 0.15) is 56.6 Å². The van der Waals surface area contributed by atoms with E-state index in [4.69, 9.17) is 0 Å². The maximum absolute atomic E-state index is 14.7. The van der Waals surface area contributed by atoms with E-state index in [1.807, 2.05) is 10.6 Å². The molecular formula is C22H25FN2O2. The van der Waals surface area contributed by atoms with Crippen LogP contribution in [0.5, 0.6) is 0 Å². The number of benzene rings is 1. The molecule has 4 fully saturated rings. The molecule has 4 atom stereocenters. The minimum atomic E-state index is -0.593. The molecule has 3 unspecified atom stereocenters. The second-order valence-electron chi connectivity index (χ2n) is 9.70. The third-order valence-corrected chi connectivity index (χ3v) is 7.89. The molecule has 5 heteroatoms. The fourth-order valence-corrected chi connectivity index (χ4v) is 7.37. The molecule has 2 aromatic rings. The summed E-state index contributed by atoms with van der Waals surface area (Å²) >= 11 is 0. The zero-order valence-corrected chi connectivity index (χ0v) is 15.3. The first-order valence-corrected chi connectivity index (χ1v) is 10.2. The first-order chi connectivity index (χ1) is 13.0. The molecule has 0 saturated heterocycles. The van der Waals surface area contributed by atoms with Crippen LogP contribution < -0.4 is 0 Å². The van der Waals surface area contributed by atoms with E-state index in [0.717, 1.165) is 36.9 Å². The topological polar surface area (TPSA) is 58.3 Å². The van der Waals surface area contributed by atoms with Crippen molar-refractivity contribution in [2.75, 3.05) is 0 Å². The van der Waals surface area contributed by atoms with E-state index < -0.39 is 11.7 Å². The van der Waals surface area contributed by atoms with E-state index in [9.17, 15) is 14.6 Å². The molecule has 0 spiro atoms. The molecule has 142 valence electrons. The van der Waals surface area contributed by atoms with Gasteiger partial charge in [-0.15, -0.1) is 0 Å². The summed E-state index contributed by atoms with van der Waals surface area (Å²) in [6.07, 6.45) is 9.15. The van der Waals surface area contributed by atoms with Crippen molar-refractivity contribution in [3.05, 3.63) is 42.1 Å². The Morgan fingerprint density at radius 1 is 1.22 bits per heavy atom. The summed E-state index contributed by atoms with van der Waals surface area (Å²) in [5.74, 6) is 0.849. The Labute approximate surface area is 158 Å². The Bertz CT molecular complexity index is 909. The summed E-state index contributed by atoms with van der Waals surface area (Å²) in [4.78, 5) is 4.25.